The Morgan fingerprint density at radius 3 is 2.41 bits per heavy atom. The fourth-order valence-electron chi connectivity index (χ4n) is 3.79. The first kappa shape index (κ1) is 22.2. The number of hydrogen-bond donors (Lipinski definition) is 0. The van der Waals surface area contributed by atoms with Gasteiger partial charge in [0, 0.05) is 25.4 Å². The number of carbonyl (C=O) groups is 1. The molecule has 0 aliphatic carbocycles. The van der Waals surface area contributed by atoms with Crippen molar-refractivity contribution in [2.45, 2.75) is 38.2 Å². The van der Waals surface area contributed by atoms with Crippen LogP contribution in [-0.2, 0) is 26.2 Å². The Kier molecular flexibility index (Phi) is 6.12. The molecule has 32 heavy (non-hydrogen) atoms. The van der Waals surface area contributed by atoms with E-state index in [2.05, 4.69) is 4.98 Å². The standard InChI is InChI=1S/C23H25N3O5S/c1-16-3-6-20(7-4-16)32(29,30)25-11-9-18(10-12-25)23(28)31-15-19-13-22(27)26-14-17(2)5-8-21(26)24-19/h3-8,13-14,18H,9-12,15H2,1-2H3. The van der Waals surface area contributed by atoms with E-state index in [1.165, 1.54) is 14.8 Å². The van der Waals surface area contributed by atoms with Crippen LogP contribution in [0.25, 0.3) is 5.65 Å². The third kappa shape index (κ3) is 4.58. The monoisotopic (exact) mass is 455 g/mol. The van der Waals surface area contributed by atoms with Crippen LogP contribution in [0.15, 0.2) is 58.4 Å². The molecule has 1 aliphatic rings. The molecule has 0 radical (unpaired) electrons. The Hall–Kier alpha value is -3.04. The van der Waals surface area contributed by atoms with Crippen molar-refractivity contribution >= 4 is 21.6 Å². The van der Waals surface area contributed by atoms with E-state index in [-0.39, 0.29) is 36.1 Å². The molecule has 1 aliphatic heterocycles. The summed E-state index contributed by atoms with van der Waals surface area (Å²) >= 11 is 0. The Morgan fingerprint density at radius 2 is 1.72 bits per heavy atom. The van der Waals surface area contributed by atoms with Crippen molar-refractivity contribution in [2.24, 2.45) is 5.92 Å². The number of aromatic nitrogens is 2. The van der Waals surface area contributed by atoms with Gasteiger partial charge in [0.05, 0.1) is 16.5 Å². The van der Waals surface area contributed by atoms with E-state index in [1.54, 1.807) is 36.5 Å². The van der Waals surface area contributed by atoms with Gasteiger partial charge in [-0.25, -0.2) is 13.4 Å². The van der Waals surface area contributed by atoms with Crippen molar-refractivity contribution in [3.05, 3.63) is 75.8 Å². The Bertz CT molecular complexity index is 1310. The minimum Gasteiger partial charge on any atom is -0.459 e. The van der Waals surface area contributed by atoms with Crippen molar-refractivity contribution in [3.8, 4) is 0 Å². The average molecular weight is 456 g/mol. The number of benzene rings is 1. The number of aryl methyl sites for hydroxylation is 2. The summed E-state index contributed by atoms with van der Waals surface area (Å²) in [6.07, 6.45) is 2.48. The van der Waals surface area contributed by atoms with Crippen LogP contribution in [0.2, 0.25) is 0 Å². The molecule has 0 unspecified atom stereocenters. The van der Waals surface area contributed by atoms with Crippen molar-refractivity contribution in [2.75, 3.05) is 13.1 Å². The lowest BCUT2D eigenvalue weighted by atomic mass is 9.98. The first-order valence-electron chi connectivity index (χ1n) is 10.5. The number of pyridine rings is 1. The third-order valence-electron chi connectivity index (χ3n) is 5.67. The molecule has 3 heterocycles. The number of piperidine rings is 1. The lowest BCUT2D eigenvalue weighted by Crippen LogP contribution is -2.40. The number of rotatable bonds is 5. The number of carbonyl (C=O) groups excluding carboxylic acids is 1. The lowest BCUT2D eigenvalue weighted by molar-refractivity contribution is -0.151. The predicted octanol–water partition coefficient (Wildman–Crippen LogP) is 2.46. The normalized spacial score (nSPS) is 15.7. The molecule has 3 aromatic rings. The molecule has 4 rings (SSSR count). The van der Waals surface area contributed by atoms with E-state index in [9.17, 15) is 18.0 Å². The fourth-order valence-corrected chi connectivity index (χ4v) is 5.26. The van der Waals surface area contributed by atoms with Gasteiger partial charge in [0.2, 0.25) is 10.0 Å². The topological polar surface area (TPSA) is 98.0 Å². The summed E-state index contributed by atoms with van der Waals surface area (Å²) in [5.74, 6) is -0.785. The van der Waals surface area contributed by atoms with E-state index in [4.69, 9.17) is 4.74 Å². The highest BCUT2D eigenvalue weighted by atomic mass is 32.2. The van der Waals surface area contributed by atoms with Gasteiger partial charge in [-0.15, -0.1) is 0 Å². The third-order valence-corrected chi connectivity index (χ3v) is 7.58. The molecule has 168 valence electrons. The quantitative estimate of drug-likeness (QED) is 0.548. The average Bonchev–Trinajstić information content (AvgIpc) is 2.78. The molecule has 1 aromatic carbocycles. The van der Waals surface area contributed by atoms with Crippen LogP contribution >= 0.6 is 0 Å². The van der Waals surface area contributed by atoms with Crippen molar-refractivity contribution in [1.29, 1.82) is 0 Å². The Morgan fingerprint density at radius 1 is 1.06 bits per heavy atom. The number of nitrogens with zero attached hydrogens (tertiary/aromatic N) is 3. The SMILES string of the molecule is Cc1ccc(S(=O)(=O)N2CCC(C(=O)OCc3cc(=O)n4cc(C)ccc4n3)CC2)cc1. The van der Waals surface area contributed by atoms with E-state index in [1.807, 2.05) is 19.9 Å². The smallest absolute Gasteiger partial charge is 0.309 e. The van der Waals surface area contributed by atoms with E-state index in [0.29, 0.717) is 24.2 Å². The fraction of sp³-hybridized carbons (Fsp3) is 0.348. The minimum atomic E-state index is -3.58. The summed E-state index contributed by atoms with van der Waals surface area (Å²) in [4.78, 5) is 29.4. The summed E-state index contributed by atoms with van der Waals surface area (Å²) < 4.78 is 33.9. The number of hydrogen-bond acceptors (Lipinski definition) is 6. The van der Waals surface area contributed by atoms with E-state index in [0.717, 1.165) is 11.1 Å². The predicted molar refractivity (Wildman–Crippen MR) is 119 cm³/mol. The maximum absolute atomic E-state index is 12.8. The molecule has 0 amide bonds. The van der Waals surface area contributed by atoms with Crippen LogP contribution < -0.4 is 5.56 Å². The maximum Gasteiger partial charge on any atom is 0.309 e. The van der Waals surface area contributed by atoms with Crippen LogP contribution in [0.1, 0.15) is 29.7 Å². The lowest BCUT2D eigenvalue weighted by Gasteiger charge is -2.30. The van der Waals surface area contributed by atoms with E-state index >= 15 is 0 Å². The second-order valence-electron chi connectivity index (χ2n) is 8.12. The molecular weight excluding hydrogens is 430 g/mol. The highest BCUT2D eigenvalue weighted by molar-refractivity contribution is 7.89. The molecule has 1 saturated heterocycles. The maximum atomic E-state index is 12.8. The number of sulfonamides is 1. The second kappa shape index (κ2) is 8.84. The molecule has 0 atom stereocenters. The molecule has 8 nitrogen and oxygen atoms in total. The number of ether oxygens (including phenoxy) is 1. The van der Waals surface area contributed by atoms with Gasteiger partial charge in [-0.2, -0.15) is 4.31 Å². The summed E-state index contributed by atoms with van der Waals surface area (Å²) in [6.45, 7) is 4.20. The van der Waals surface area contributed by atoms with Gasteiger partial charge in [0.25, 0.3) is 5.56 Å². The first-order chi connectivity index (χ1) is 15.2. The molecule has 9 heteroatoms. The van der Waals surface area contributed by atoms with Crippen LogP contribution in [0.3, 0.4) is 0 Å². The number of esters is 1. The summed E-state index contributed by atoms with van der Waals surface area (Å²) in [6, 6.07) is 11.7. The van der Waals surface area contributed by atoms with Gasteiger partial charge in [-0.1, -0.05) is 23.8 Å². The molecule has 0 spiro atoms. The van der Waals surface area contributed by atoms with Crippen LogP contribution in [-0.4, -0.2) is 41.2 Å². The second-order valence-corrected chi connectivity index (χ2v) is 10.1. The Balaban J connectivity index is 1.36. The van der Waals surface area contributed by atoms with Gasteiger partial charge >= 0.3 is 5.97 Å². The van der Waals surface area contributed by atoms with Crippen molar-refractivity contribution in [1.82, 2.24) is 13.7 Å². The summed E-state index contributed by atoms with van der Waals surface area (Å²) in [7, 11) is -3.58. The molecule has 1 fully saturated rings. The first-order valence-corrected chi connectivity index (χ1v) is 11.9. The largest absolute Gasteiger partial charge is 0.459 e. The van der Waals surface area contributed by atoms with Crippen molar-refractivity contribution in [3.63, 3.8) is 0 Å². The van der Waals surface area contributed by atoms with Gasteiger partial charge in [-0.3, -0.25) is 14.0 Å². The molecule has 0 N–H and O–H groups in total. The van der Waals surface area contributed by atoms with Crippen LogP contribution in [0, 0.1) is 19.8 Å². The molecular formula is C23H25N3O5S. The van der Waals surface area contributed by atoms with Crippen LogP contribution in [0.4, 0.5) is 0 Å². The van der Waals surface area contributed by atoms with E-state index < -0.39 is 16.0 Å². The highest BCUT2D eigenvalue weighted by Gasteiger charge is 2.32. The van der Waals surface area contributed by atoms with Crippen LogP contribution in [0.5, 0.6) is 0 Å². The van der Waals surface area contributed by atoms with Gasteiger partial charge in [-0.05, 0) is 50.5 Å². The van der Waals surface area contributed by atoms with Gasteiger partial charge < -0.3 is 4.74 Å². The zero-order valence-electron chi connectivity index (χ0n) is 18.0. The highest BCUT2D eigenvalue weighted by Crippen LogP contribution is 2.25. The van der Waals surface area contributed by atoms with Gasteiger partial charge in [0.1, 0.15) is 12.3 Å². The molecule has 0 saturated carbocycles. The number of fused-ring (bicyclic) bond motifs is 1. The molecule has 2 aromatic heterocycles. The molecule has 0 bridgehead atoms. The zero-order chi connectivity index (χ0) is 22.9. The summed E-state index contributed by atoms with van der Waals surface area (Å²) in [5.41, 5.74) is 2.56. The van der Waals surface area contributed by atoms with Gasteiger partial charge in [0.15, 0.2) is 0 Å². The minimum absolute atomic E-state index is 0.0969. The Labute approximate surface area is 186 Å². The van der Waals surface area contributed by atoms with Crippen molar-refractivity contribution < 1.29 is 17.9 Å². The zero-order valence-corrected chi connectivity index (χ0v) is 18.8. The summed E-state index contributed by atoms with van der Waals surface area (Å²) in [5, 5.41) is 0.